The van der Waals surface area contributed by atoms with Gasteiger partial charge in [0.25, 0.3) is 0 Å². The Balaban J connectivity index is 1.57. The van der Waals surface area contributed by atoms with E-state index in [0.29, 0.717) is 17.4 Å². The first-order valence-electron chi connectivity index (χ1n) is 10.6. The molecule has 0 bridgehead atoms. The number of nitrogens with zero attached hydrogens (tertiary/aromatic N) is 2. The van der Waals surface area contributed by atoms with Gasteiger partial charge in [-0.2, -0.15) is 0 Å². The predicted molar refractivity (Wildman–Crippen MR) is 121 cm³/mol. The van der Waals surface area contributed by atoms with Gasteiger partial charge >= 0.3 is 5.97 Å². The van der Waals surface area contributed by atoms with Crippen LogP contribution in [-0.4, -0.2) is 32.1 Å². The maximum Gasteiger partial charge on any atom is 0.336 e. The third-order valence-corrected chi connectivity index (χ3v) is 6.52. The van der Waals surface area contributed by atoms with Gasteiger partial charge in [0.15, 0.2) is 5.11 Å². The van der Waals surface area contributed by atoms with Gasteiger partial charge in [0, 0.05) is 17.8 Å². The molecule has 2 atom stereocenters. The number of aromatic carboxylic acids is 1. The molecule has 0 unspecified atom stereocenters. The second-order valence-corrected chi connectivity index (χ2v) is 8.41. The molecule has 3 aromatic rings. The second kappa shape index (κ2) is 8.15. The molecule has 1 saturated heterocycles. The van der Waals surface area contributed by atoms with Gasteiger partial charge in [0.05, 0.1) is 17.3 Å². The highest BCUT2D eigenvalue weighted by Crippen LogP contribution is 2.44. The number of hydrogen-bond acceptors (Lipinski definition) is 4. The number of carboxylic acid groups (broad SMARTS) is 1. The lowest BCUT2D eigenvalue weighted by Crippen LogP contribution is -2.37. The summed E-state index contributed by atoms with van der Waals surface area (Å²) in [7, 11) is 0. The number of aromatic nitrogens is 1. The molecule has 7 heteroatoms. The zero-order valence-corrected chi connectivity index (χ0v) is 17.7. The summed E-state index contributed by atoms with van der Waals surface area (Å²) in [5.74, 6) is 0.318. The Bertz CT molecular complexity index is 1110. The number of benzene rings is 1. The van der Waals surface area contributed by atoms with Crippen molar-refractivity contribution in [1.29, 1.82) is 0 Å². The highest BCUT2D eigenvalue weighted by atomic mass is 32.1. The molecule has 0 amide bonds. The normalized spacial score (nSPS) is 21.4. The molecular weight excluding hydrogens is 410 g/mol. The lowest BCUT2D eigenvalue weighted by Gasteiger charge is -2.31. The molecule has 2 fully saturated rings. The number of furan rings is 1. The minimum absolute atomic E-state index is 0.136. The van der Waals surface area contributed by atoms with E-state index in [1.54, 1.807) is 24.4 Å². The van der Waals surface area contributed by atoms with E-state index in [0.717, 1.165) is 29.4 Å². The Morgan fingerprint density at radius 3 is 2.61 bits per heavy atom. The fourth-order valence-corrected chi connectivity index (χ4v) is 5.18. The van der Waals surface area contributed by atoms with Crippen LogP contribution in [0.4, 0.5) is 0 Å². The fraction of sp³-hybridized carbons (Fsp3) is 0.292. The number of hydrogen-bond donors (Lipinski definition) is 2. The largest absolute Gasteiger partial charge is 0.478 e. The van der Waals surface area contributed by atoms with Crippen molar-refractivity contribution in [2.75, 3.05) is 0 Å². The monoisotopic (exact) mass is 433 g/mol. The SMILES string of the molecule is O=C(O)c1ccccc1-c1ccc([C@H]2[C@H](c3ccccn3)NC(=S)N2C2CCCC2)o1. The summed E-state index contributed by atoms with van der Waals surface area (Å²) in [6.07, 6.45) is 6.37. The van der Waals surface area contributed by atoms with Crippen LogP contribution in [0.25, 0.3) is 11.3 Å². The number of carbonyl (C=O) groups is 1. The molecular formula is C24H23N3O3S. The van der Waals surface area contributed by atoms with Crippen LogP contribution in [0, 0.1) is 0 Å². The number of nitrogens with one attached hydrogen (secondary N) is 1. The first kappa shape index (κ1) is 19.8. The van der Waals surface area contributed by atoms with Gasteiger partial charge in [-0.1, -0.05) is 37.1 Å². The quantitative estimate of drug-likeness (QED) is 0.551. The first-order valence-corrected chi connectivity index (χ1v) is 11.0. The summed E-state index contributed by atoms with van der Waals surface area (Å²) in [6, 6.07) is 16.6. The highest BCUT2D eigenvalue weighted by Gasteiger charge is 2.45. The van der Waals surface area contributed by atoms with Crippen molar-refractivity contribution < 1.29 is 14.3 Å². The summed E-state index contributed by atoms with van der Waals surface area (Å²) in [5.41, 5.74) is 1.69. The number of thiocarbonyl (C=S) groups is 1. The van der Waals surface area contributed by atoms with Gasteiger partial charge in [0.2, 0.25) is 0 Å². The fourth-order valence-electron chi connectivity index (χ4n) is 4.79. The maximum atomic E-state index is 11.7. The molecule has 1 saturated carbocycles. The summed E-state index contributed by atoms with van der Waals surface area (Å²) in [6.45, 7) is 0. The molecule has 158 valence electrons. The van der Waals surface area contributed by atoms with Crippen LogP contribution < -0.4 is 5.32 Å². The summed E-state index contributed by atoms with van der Waals surface area (Å²) >= 11 is 5.75. The third-order valence-electron chi connectivity index (χ3n) is 6.19. The average molecular weight is 434 g/mol. The van der Waals surface area contributed by atoms with Crippen molar-refractivity contribution >= 4 is 23.3 Å². The molecule has 0 radical (unpaired) electrons. The predicted octanol–water partition coefficient (Wildman–Crippen LogP) is 4.95. The lowest BCUT2D eigenvalue weighted by molar-refractivity contribution is 0.0697. The van der Waals surface area contributed by atoms with Crippen LogP contribution >= 0.6 is 12.2 Å². The Labute approximate surface area is 185 Å². The highest BCUT2D eigenvalue weighted by molar-refractivity contribution is 7.80. The standard InChI is InChI=1S/C24H23N3O3S/c28-23(29)17-10-4-3-9-16(17)19-12-13-20(30-19)22-21(18-11-5-6-14-25-18)26-24(31)27(22)15-7-1-2-8-15/h3-6,9-15,21-22H,1-2,7-8H2,(H,26,31)(H,28,29)/t21-,22-/m0/s1. The van der Waals surface area contributed by atoms with E-state index >= 15 is 0 Å². The van der Waals surface area contributed by atoms with Crippen molar-refractivity contribution in [3.8, 4) is 11.3 Å². The lowest BCUT2D eigenvalue weighted by atomic mass is 10.0. The number of carboxylic acids is 1. The molecule has 2 aromatic heterocycles. The molecule has 2 aliphatic rings. The van der Waals surface area contributed by atoms with Crippen molar-refractivity contribution in [2.24, 2.45) is 0 Å². The smallest absolute Gasteiger partial charge is 0.336 e. The molecule has 5 rings (SSSR count). The average Bonchev–Trinajstić information content (AvgIpc) is 3.54. The minimum atomic E-state index is -0.976. The molecule has 1 aliphatic heterocycles. The Morgan fingerprint density at radius 1 is 1.10 bits per heavy atom. The van der Waals surface area contributed by atoms with Crippen LogP contribution in [0.15, 0.2) is 65.2 Å². The molecule has 31 heavy (non-hydrogen) atoms. The van der Waals surface area contributed by atoms with E-state index in [1.807, 2.05) is 36.4 Å². The molecule has 1 aromatic carbocycles. The number of rotatable bonds is 5. The van der Waals surface area contributed by atoms with E-state index in [9.17, 15) is 9.90 Å². The summed E-state index contributed by atoms with van der Waals surface area (Å²) in [4.78, 5) is 18.5. The Kier molecular flexibility index (Phi) is 5.19. The second-order valence-electron chi connectivity index (χ2n) is 8.02. The topological polar surface area (TPSA) is 78.6 Å². The van der Waals surface area contributed by atoms with Crippen molar-refractivity contribution in [3.05, 3.63) is 77.8 Å². The van der Waals surface area contributed by atoms with Crippen LogP contribution in [-0.2, 0) is 0 Å². The van der Waals surface area contributed by atoms with E-state index in [2.05, 4.69) is 15.2 Å². The van der Waals surface area contributed by atoms with Gasteiger partial charge in [-0.15, -0.1) is 0 Å². The summed E-state index contributed by atoms with van der Waals surface area (Å²) in [5, 5.41) is 13.8. The molecule has 3 heterocycles. The van der Waals surface area contributed by atoms with Crippen molar-refractivity contribution in [2.45, 2.75) is 43.8 Å². The maximum absolute atomic E-state index is 11.7. The minimum Gasteiger partial charge on any atom is -0.478 e. The zero-order valence-electron chi connectivity index (χ0n) is 16.9. The summed E-state index contributed by atoms with van der Waals surface area (Å²) < 4.78 is 6.30. The third kappa shape index (κ3) is 3.59. The van der Waals surface area contributed by atoms with Gasteiger partial charge in [-0.25, -0.2) is 4.79 Å². The van der Waals surface area contributed by atoms with Crippen LogP contribution in [0.3, 0.4) is 0 Å². The van der Waals surface area contributed by atoms with Gasteiger partial charge in [-0.3, -0.25) is 4.98 Å². The Morgan fingerprint density at radius 2 is 1.87 bits per heavy atom. The van der Waals surface area contributed by atoms with E-state index in [4.69, 9.17) is 16.6 Å². The van der Waals surface area contributed by atoms with Crippen molar-refractivity contribution in [3.63, 3.8) is 0 Å². The van der Waals surface area contributed by atoms with Crippen molar-refractivity contribution in [1.82, 2.24) is 15.2 Å². The Hall–Kier alpha value is -3.19. The van der Waals surface area contributed by atoms with Crippen LogP contribution in [0.1, 0.15) is 59.6 Å². The first-order chi connectivity index (χ1) is 15.1. The zero-order chi connectivity index (χ0) is 21.4. The van der Waals surface area contributed by atoms with Crippen LogP contribution in [0.5, 0.6) is 0 Å². The molecule has 6 nitrogen and oxygen atoms in total. The van der Waals surface area contributed by atoms with Gasteiger partial charge in [-0.05, 0) is 55.4 Å². The van der Waals surface area contributed by atoms with Gasteiger partial charge < -0.3 is 19.7 Å². The van der Waals surface area contributed by atoms with Gasteiger partial charge in [0.1, 0.15) is 17.6 Å². The molecule has 0 spiro atoms. The van der Waals surface area contributed by atoms with E-state index in [1.165, 1.54) is 12.8 Å². The van der Waals surface area contributed by atoms with E-state index in [-0.39, 0.29) is 17.6 Å². The molecule has 2 N–H and O–H groups in total. The molecule has 1 aliphatic carbocycles. The van der Waals surface area contributed by atoms with E-state index < -0.39 is 5.97 Å². The van der Waals surface area contributed by atoms with Crippen LogP contribution in [0.2, 0.25) is 0 Å². The number of pyridine rings is 1.